The summed E-state index contributed by atoms with van der Waals surface area (Å²) in [7, 11) is 1.61. The maximum Gasteiger partial charge on any atom is 0.417 e. The minimum atomic E-state index is -0.653. The summed E-state index contributed by atoms with van der Waals surface area (Å²) in [6.07, 6.45) is 1.54. The highest BCUT2D eigenvalue weighted by atomic mass is 16.6. The molecule has 0 spiro atoms. The highest BCUT2D eigenvalue weighted by molar-refractivity contribution is 6.00. The first-order valence-corrected chi connectivity index (χ1v) is 10.9. The van der Waals surface area contributed by atoms with Gasteiger partial charge >= 0.3 is 6.09 Å². The Hall–Kier alpha value is -3.35. The molecule has 0 aliphatic carbocycles. The number of aromatic amines is 1. The number of hydrogen-bond acceptors (Lipinski definition) is 5. The van der Waals surface area contributed by atoms with Crippen LogP contribution in [0, 0.1) is 0 Å². The molecule has 1 aliphatic rings. The van der Waals surface area contributed by atoms with Crippen LogP contribution in [-0.4, -0.2) is 46.1 Å². The third kappa shape index (κ3) is 4.47. The number of methoxy groups -OCH3 is 1. The number of ether oxygens (including phenoxy) is 2. The van der Waals surface area contributed by atoms with E-state index in [9.17, 15) is 9.59 Å². The van der Waals surface area contributed by atoms with Crippen molar-refractivity contribution < 1.29 is 19.1 Å². The van der Waals surface area contributed by atoms with Crippen LogP contribution in [0.3, 0.4) is 0 Å². The Bertz CT molecular complexity index is 1130. The second kappa shape index (κ2) is 8.65. The molecule has 2 heterocycles. The van der Waals surface area contributed by atoms with Crippen LogP contribution in [0.2, 0.25) is 0 Å². The van der Waals surface area contributed by atoms with Gasteiger partial charge in [0.1, 0.15) is 22.7 Å². The SMILES string of the molecule is COc1ccc(C2CCN(C(=O)OC(C)(C)C)C2=O)c2[nH]c(CCc3ccccc3)nc12. The molecule has 0 saturated carbocycles. The van der Waals surface area contributed by atoms with E-state index < -0.39 is 17.6 Å². The van der Waals surface area contributed by atoms with Gasteiger partial charge in [0.25, 0.3) is 0 Å². The molecule has 7 nitrogen and oxygen atoms in total. The molecule has 2 amide bonds. The summed E-state index contributed by atoms with van der Waals surface area (Å²) < 4.78 is 10.9. The van der Waals surface area contributed by atoms with E-state index in [2.05, 4.69) is 17.1 Å². The fraction of sp³-hybridized carbons (Fsp3) is 0.400. The molecular weight excluding hydrogens is 406 g/mol. The van der Waals surface area contributed by atoms with Crippen LogP contribution in [0.4, 0.5) is 4.79 Å². The first-order chi connectivity index (χ1) is 15.3. The Labute approximate surface area is 187 Å². The summed E-state index contributed by atoms with van der Waals surface area (Å²) in [6, 6.07) is 14.0. The molecule has 168 valence electrons. The molecule has 1 aromatic heterocycles. The van der Waals surface area contributed by atoms with Crippen LogP contribution in [-0.2, 0) is 22.4 Å². The van der Waals surface area contributed by atoms with Crippen molar-refractivity contribution in [1.29, 1.82) is 0 Å². The smallest absolute Gasteiger partial charge is 0.417 e. The van der Waals surface area contributed by atoms with Crippen LogP contribution < -0.4 is 4.74 Å². The summed E-state index contributed by atoms with van der Waals surface area (Å²) in [5.74, 6) is 0.814. The number of amides is 2. The summed E-state index contributed by atoms with van der Waals surface area (Å²) in [5, 5.41) is 0. The number of imide groups is 1. The number of likely N-dealkylation sites (tertiary alicyclic amines) is 1. The molecule has 1 fully saturated rings. The number of carbonyl (C=O) groups is 2. The third-order valence-corrected chi connectivity index (χ3v) is 5.60. The standard InChI is InChI=1S/C25H29N3O4/c1-25(2,3)32-24(30)28-15-14-18(23(28)29)17-11-12-19(31-4)22-21(17)26-20(27-22)13-10-16-8-6-5-7-9-16/h5-9,11-12,18H,10,13-15H2,1-4H3,(H,26,27). The monoisotopic (exact) mass is 435 g/mol. The molecule has 1 saturated heterocycles. The fourth-order valence-corrected chi connectivity index (χ4v) is 4.08. The first-order valence-electron chi connectivity index (χ1n) is 10.9. The van der Waals surface area contributed by atoms with Gasteiger partial charge in [-0.2, -0.15) is 0 Å². The topological polar surface area (TPSA) is 84.5 Å². The van der Waals surface area contributed by atoms with Crippen molar-refractivity contribution in [1.82, 2.24) is 14.9 Å². The molecule has 1 N–H and O–H groups in total. The zero-order chi connectivity index (χ0) is 22.9. The molecule has 1 aliphatic heterocycles. The zero-order valence-electron chi connectivity index (χ0n) is 19.0. The van der Waals surface area contributed by atoms with Crippen LogP contribution in [0.1, 0.15) is 50.1 Å². The largest absolute Gasteiger partial charge is 0.494 e. The maximum atomic E-state index is 13.1. The van der Waals surface area contributed by atoms with Gasteiger partial charge in [-0.25, -0.2) is 14.7 Å². The average Bonchev–Trinajstić information content (AvgIpc) is 3.35. The number of imidazole rings is 1. The van der Waals surface area contributed by atoms with E-state index >= 15 is 0 Å². The maximum absolute atomic E-state index is 13.1. The van der Waals surface area contributed by atoms with Crippen molar-refractivity contribution in [2.45, 2.75) is 51.6 Å². The van der Waals surface area contributed by atoms with E-state index in [-0.39, 0.29) is 5.91 Å². The predicted octanol–water partition coefficient (Wildman–Crippen LogP) is 4.61. The number of H-pyrrole nitrogens is 1. The van der Waals surface area contributed by atoms with E-state index in [1.54, 1.807) is 27.9 Å². The molecule has 7 heteroatoms. The molecule has 0 bridgehead atoms. The number of nitrogens with zero attached hydrogens (tertiary/aromatic N) is 2. The van der Waals surface area contributed by atoms with E-state index in [0.717, 1.165) is 29.7 Å². The lowest BCUT2D eigenvalue weighted by atomic mass is 9.96. The van der Waals surface area contributed by atoms with Gasteiger partial charge in [-0.1, -0.05) is 36.4 Å². The van der Waals surface area contributed by atoms with E-state index in [1.165, 1.54) is 10.5 Å². The molecular formula is C25H29N3O4. The van der Waals surface area contributed by atoms with Crippen molar-refractivity contribution in [3.63, 3.8) is 0 Å². The number of nitrogens with one attached hydrogen (secondary N) is 1. The lowest BCUT2D eigenvalue weighted by Gasteiger charge is -2.23. The lowest BCUT2D eigenvalue weighted by Crippen LogP contribution is -2.38. The number of carbonyl (C=O) groups excluding carboxylic acids is 2. The second-order valence-corrected chi connectivity index (χ2v) is 9.06. The van der Waals surface area contributed by atoms with E-state index in [0.29, 0.717) is 24.2 Å². The molecule has 32 heavy (non-hydrogen) atoms. The van der Waals surface area contributed by atoms with Crippen molar-refractivity contribution in [2.24, 2.45) is 0 Å². The highest BCUT2D eigenvalue weighted by Gasteiger charge is 2.39. The van der Waals surface area contributed by atoms with Crippen molar-refractivity contribution in [3.05, 3.63) is 59.4 Å². The van der Waals surface area contributed by atoms with Crippen molar-refractivity contribution in [3.8, 4) is 5.75 Å². The normalized spacial score (nSPS) is 16.6. The number of benzene rings is 2. The second-order valence-electron chi connectivity index (χ2n) is 9.06. The Morgan fingerprint density at radius 2 is 1.91 bits per heavy atom. The molecule has 1 atom stereocenters. The summed E-state index contributed by atoms with van der Waals surface area (Å²) in [6.45, 7) is 5.70. The Morgan fingerprint density at radius 1 is 1.16 bits per heavy atom. The first kappa shape index (κ1) is 21.9. The lowest BCUT2D eigenvalue weighted by molar-refractivity contribution is -0.128. The van der Waals surface area contributed by atoms with Gasteiger partial charge in [0.2, 0.25) is 5.91 Å². The quantitative estimate of drug-likeness (QED) is 0.633. The number of hydrogen-bond donors (Lipinski definition) is 1. The van der Waals surface area contributed by atoms with Gasteiger partial charge in [-0.3, -0.25) is 4.79 Å². The Balaban J connectivity index is 1.61. The summed E-state index contributed by atoms with van der Waals surface area (Å²) >= 11 is 0. The Kier molecular flexibility index (Phi) is 5.91. The van der Waals surface area contributed by atoms with Gasteiger partial charge in [0.15, 0.2) is 0 Å². The average molecular weight is 436 g/mol. The van der Waals surface area contributed by atoms with Crippen molar-refractivity contribution in [2.75, 3.05) is 13.7 Å². The number of aryl methyl sites for hydroxylation is 2. The zero-order valence-corrected chi connectivity index (χ0v) is 19.0. The van der Waals surface area contributed by atoms with Crippen LogP contribution in [0.25, 0.3) is 11.0 Å². The fourth-order valence-electron chi connectivity index (χ4n) is 4.08. The Morgan fingerprint density at radius 3 is 2.59 bits per heavy atom. The molecule has 0 radical (unpaired) electrons. The van der Waals surface area contributed by atoms with Gasteiger partial charge in [0, 0.05) is 13.0 Å². The van der Waals surface area contributed by atoms with Gasteiger partial charge in [-0.05, 0) is 50.8 Å². The minimum Gasteiger partial charge on any atom is -0.494 e. The van der Waals surface area contributed by atoms with Crippen LogP contribution in [0.15, 0.2) is 42.5 Å². The minimum absolute atomic E-state index is 0.244. The number of rotatable bonds is 5. The summed E-state index contributed by atoms with van der Waals surface area (Å²) in [5.41, 5.74) is 2.91. The molecule has 2 aromatic carbocycles. The number of fused-ring (bicyclic) bond motifs is 1. The summed E-state index contributed by atoms with van der Waals surface area (Å²) in [4.78, 5) is 35.0. The van der Waals surface area contributed by atoms with Gasteiger partial charge in [-0.15, -0.1) is 0 Å². The van der Waals surface area contributed by atoms with Crippen LogP contribution in [0.5, 0.6) is 5.75 Å². The van der Waals surface area contributed by atoms with Gasteiger partial charge < -0.3 is 14.5 Å². The number of aromatic nitrogens is 2. The van der Waals surface area contributed by atoms with Crippen LogP contribution >= 0.6 is 0 Å². The molecule has 4 rings (SSSR count). The third-order valence-electron chi connectivity index (χ3n) is 5.60. The molecule has 1 unspecified atom stereocenters. The van der Waals surface area contributed by atoms with Gasteiger partial charge in [0.05, 0.1) is 18.5 Å². The molecule has 3 aromatic rings. The predicted molar refractivity (Wildman–Crippen MR) is 122 cm³/mol. The van der Waals surface area contributed by atoms with E-state index in [1.807, 2.05) is 30.3 Å². The highest BCUT2D eigenvalue weighted by Crippen LogP contribution is 2.36. The van der Waals surface area contributed by atoms with Crippen molar-refractivity contribution >= 4 is 23.0 Å². The van der Waals surface area contributed by atoms with E-state index in [4.69, 9.17) is 14.5 Å².